The number of non-ortho nitro benzene ring substituents is 1. The molecular weight excluding hydrogens is 386 g/mol. The third-order valence-corrected chi connectivity index (χ3v) is 5.60. The van der Waals surface area contributed by atoms with E-state index in [1.54, 1.807) is 18.2 Å². The lowest BCUT2D eigenvalue weighted by Crippen LogP contribution is -2.03. The van der Waals surface area contributed by atoms with Crippen LogP contribution < -0.4 is 9.47 Å². The van der Waals surface area contributed by atoms with Crippen LogP contribution in [0, 0.1) is 10.1 Å². The van der Waals surface area contributed by atoms with Crippen molar-refractivity contribution in [2.75, 3.05) is 7.11 Å². The van der Waals surface area contributed by atoms with E-state index in [1.165, 1.54) is 48.4 Å². The van der Waals surface area contributed by atoms with Crippen molar-refractivity contribution in [3.8, 4) is 11.5 Å². The largest absolute Gasteiger partial charge is 0.493 e. The molecule has 0 amide bonds. The first-order valence-electron chi connectivity index (χ1n) is 7.26. The number of benzene rings is 2. The first-order valence-corrected chi connectivity index (χ1v) is 9.06. The van der Waals surface area contributed by atoms with Gasteiger partial charge in [-0.1, -0.05) is 17.8 Å². The van der Waals surface area contributed by atoms with Crippen LogP contribution in [0.4, 0.5) is 14.5 Å². The molecule has 0 spiro atoms. The summed E-state index contributed by atoms with van der Waals surface area (Å²) in [6, 6.07) is 9.27. The zero-order chi connectivity index (χ0) is 18.7. The Bertz CT molecular complexity index is 949. The number of nitrogens with zero attached hydrogens (tertiary/aromatic N) is 2. The molecule has 1 aromatic heterocycles. The molecule has 2 aromatic carbocycles. The van der Waals surface area contributed by atoms with Crippen LogP contribution in [0.2, 0.25) is 0 Å². The fourth-order valence-corrected chi connectivity index (χ4v) is 4.25. The number of thioether (sulfide) groups is 1. The van der Waals surface area contributed by atoms with E-state index in [2.05, 4.69) is 9.72 Å². The second-order valence-corrected chi connectivity index (χ2v) is 7.29. The van der Waals surface area contributed by atoms with Gasteiger partial charge in [-0.2, -0.15) is 8.78 Å². The number of hydrogen-bond donors (Lipinski definition) is 0. The predicted molar refractivity (Wildman–Crippen MR) is 95.5 cm³/mol. The number of rotatable bonds is 7. The number of hydrogen-bond acceptors (Lipinski definition) is 7. The van der Waals surface area contributed by atoms with Crippen LogP contribution >= 0.6 is 23.1 Å². The van der Waals surface area contributed by atoms with E-state index in [4.69, 9.17) is 4.74 Å². The van der Waals surface area contributed by atoms with Crippen molar-refractivity contribution in [2.24, 2.45) is 0 Å². The second kappa shape index (κ2) is 7.83. The van der Waals surface area contributed by atoms with Gasteiger partial charge in [-0.15, -0.1) is 11.3 Å². The van der Waals surface area contributed by atoms with Crippen molar-refractivity contribution in [3.63, 3.8) is 0 Å². The third-order valence-electron chi connectivity index (χ3n) is 3.37. The Morgan fingerprint density at radius 1 is 1.27 bits per heavy atom. The lowest BCUT2D eigenvalue weighted by Gasteiger charge is -2.11. The Hall–Kier alpha value is -2.46. The van der Waals surface area contributed by atoms with Crippen LogP contribution in [0.15, 0.2) is 40.7 Å². The molecule has 0 aliphatic carbocycles. The smallest absolute Gasteiger partial charge is 0.387 e. The van der Waals surface area contributed by atoms with Gasteiger partial charge in [0.05, 0.1) is 22.2 Å². The first kappa shape index (κ1) is 18.3. The van der Waals surface area contributed by atoms with Gasteiger partial charge in [-0.05, 0) is 23.8 Å². The number of fused-ring (bicyclic) bond motifs is 1. The Labute approximate surface area is 154 Å². The summed E-state index contributed by atoms with van der Waals surface area (Å²) in [6.07, 6.45) is 0. The molecule has 10 heteroatoms. The molecule has 0 aliphatic rings. The van der Waals surface area contributed by atoms with Crippen molar-refractivity contribution < 1.29 is 23.2 Å². The minimum absolute atomic E-state index is 0.0245. The van der Waals surface area contributed by atoms with Gasteiger partial charge < -0.3 is 9.47 Å². The quantitative estimate of drug-likeness (QED) is 0.313. The Balaban J connectivity index is 1.74. The van der Waals surface area contributed by atoms with Crippen LogP contribution in [0.3, 0.4) is 0 Å². The van der Waals surface area contributed by atoms with Crippen molar-refractivity contribution in [1.82, 2.24) is 4.98 Å². The van der Waals surface area contributed by atoms with Gasteiger partial charge in [-0.3, -0.25) is 10.1 Å². The van der Waals surface area contributed by atoms with Crippen molar-refractivity contribution in [1.29, 1.82) is 0 Å². The second-order valence-electron chi connectivity index (χ2n) is 5.04. The molecule has 0 radical (unpaired) electrons. The lowest BCUT2D eigenvalue weighted by molar-refractivity contribution is -0.384. The summed E-state index contributed by atoms with van der Waals surface area (Å²) in [6.45, 7) is -2.92. The molecule has 136 valence electrons. The minimum atomic E-state index is -2.92. The fraction of sp³-hybridized carbons (Fsp3) is 0.188. The van der Waals surface area contributed by atoms with Crippen LogP contribution in [-0.2, 0) is 5.75 Å². The van der Waals surface area contributed by atoms with Gasteiger partial charge >= 0.3 is 6.61 Å². The highest BCUT2D eigenvalue weighted by atomic mass is 32.2. The van der Waals surface area contributed by atoms with Gasteiger partial charge in [0.15, 0.2) is 15.8 Å². The number of aromatic nitrogens is 1. The Morgan fingerprint density at radius 2 is 2.08 bits per heavy atom. The first-order chi connectivity index (χ1) is 12.5. The van der Waals surface area contributed by atoms with E-state index >= 15 is 0 Å². The molecule has 3 rings (SSSR count). The maximum atomic E-state index is 12.4. The number of methoxy groups -OCH3 is 1. The molecule has 0 N–H and O–H groups in total. The van der Waals surface area contributed by atoms with Crippen molar-refractivity contribution >= 4 is 39.0 Å². The van der Waals surface area contributed by atoms with E-state index < -0.39 is 11.5 Å². The minimum Gasteiger partial charge on any atom is -0.493 e. The molecule has 0 aliphatic heterocycles. The van der Waals surface area contributed by atoms with Gasteiger partial charge in [0.2, 0.25) is 0 Å². The lowest BCUT2D eigenvalue weighted by atomic mass is 10.2. The predicted octanol–water partition coefficient (Wildman–Crippen LogP) is 5.11. The third kappa shape index (κ3) is 4.20. The molecule has 26 heavy (non-hydrogen) atoms. The molecule has 0 saturated carbocycles. The molecule has 3 aromatic rings. The normalized spacial score (nSPS) is 11.1. The topological polar surface area (TPSA) is 74.5 Å². The van der Waals surface area contributed by atoms with E-state index in [-0.39, 0.29) is 17.2 Å². The van der Waals surface area contributed by atoms with E-state index in [0.717, 1.165) is 14.6 Å². The molecule has 1 heterocycles. The summed E-state index contributed by atoms with van der Waals surface area (Å²) in [5.74, 6) is 0.736. The summed E-state index contributed by atoms with van der Waals surface area (Å²) in [4.78, 5) is 14.8. The fourth-order valence-electron chi connectivity index (χ4n) is 2.21. The standard InChI is InChI=1S/C16H12F2N2O4S2/c1-23-13-6-9(2-5-12(13)24-15(17)18)8-25-16-19-11-4-3-10(20(21)22)7-14(11)26-16/h2-7,15H,8H2,1H3. The van der Waals surface area contributed by atoms with E-state index in [9.17, 15) is 18.9 Å². The number of halogens is 2. The molecule has 0 bridgehead atoms. The number of nitro groups is 1. The number of thiazole rings is 1. The highest BCUT2D eigenvalue weighted by Gasteiger charge is 2.13. The Morgan fingerprint density at radius 3 is 2.77 bits per heavy atom. The molecule has 0 unspecified atom stereocenters. The van der Waals surface area contributed by atoms with Crippen LogP contribution in [0.1, 0.15) is 5.56 Å². The van der Waals surface area contributed by atoms with Crippen LogP contribution in [0.5, 0.6) is 11.5 Å². The molecule has 0 atom stereocenters. The average Bonchev–Trinajstić information content (AvgIpc) is 3.02. The van der Waals surface area contributed by atoms with Gasteiger partial charge in [-0.25, -0.2) is 4.98 Å². The SMILES string of the molecule is COc1cc(CSc2nc3ccc([N+](=O)[O-])cc3s2)ccc1OC(F)F. The van der Waals surface area contributed by atoms with Gasteiger partial charge in [0, 0.05) is 17.9 Å². The van der Waals surface area contributed by atoms with Crippen molar-refractivity contribution in [2.45, 2.75) is 16.7 Å². The van der Waals surface area contributed by atoms with Crippen LogP contribution in [-0.4, -0.2) is 23.6 Å². The zero-order valence-corrected chi connectivity index (χ0v) is 15.0. The summed E-state index contributed by atoms with van der Waals surface area (Å²) < 4.78 is 35.7. The maximum Gasteiger partial charge on any atom is 0.387 e. The summed E-state index contributed by atoms with van der Waals surface area (Å²) in [5, 5.41) is 10.8. The summed E-state index contributed by atoms with van der Waals surface area (Å²) >= 11 is 2.81. The average molecular weight is 398 g/mol. The van der Waals surface area contributed by atoms with Crippen LogP contribution in [0.25, 0.3) is 10.2 Å². The maximum absolute atomic E-state index is 12.4. The highest BCUT2D eigenvalue weighted by Crippen LogP contribution is 2.35. The molecular formula is C16H12F2N2O4S2. The number of alkyl halides is 2. The summed E-state index contributed by atoms with van der Waals surface area (Å²) in [5.41, 5.74) is 1.57. The van der Waals surface area contributed by atoms with Crippen molar-refractivity contribution in [3.05, 3.63) is 52.1 Å². The zero-order valence-electron chi connectivity index (χ0n) is 13.3. The number of nitro benzene ring substituents is 1. The molecule has 0 saturated heterocycles. The summed E-state index contributed by atoms with van der Waals surface area (Å²) in [7, 11) is 1.38. The van der Waals surface area contributed by atoms with Gasteiger partial charge in [0.25, 0.3) is 5.69 Å². The van der Waals surface area contributed by atoms with E-state index in [0.29, 0.717) is 11.3 Å². The molecule has 6 nitrogen and oxygen atoms in total. The monoisotopic (exact) mass is 398 g/mol. The highest BCUT2D eigenvalue weighted by molar-refractivity contribution is 8.00. The molecule has 0 fully saturated rings. The van der Waals surface area contributed by atoms with Gasteiger partial charge in [0.1, 0.15) is 0 Å². The Kier molecular flexibility index (Phi) is 5.52. The number of ether oxygens (including phenoxy) is 2. The van der Waals surface area contributed by atoms with E-state index in [1.807, 2.05) is 0 Å².